The van der Waals surface area contributed by atoms with Crippen LogP contribution in [0.1, 0.15) is 142 Å². The molecule has 25 heavy (non-hydrogen) atoms. The lowest BCUT2D eigenvalue weighted by atomic mass is 10.0. The van der Waals surface area contributed by atoms with Crippen LogP contribution in [0.4, 0.5) is 0 Å². The Labute approximate surface area is 160 Å². The Morgan fingerprint density at radius 2 is 0.720 bits per heavy atom. The molecule has 0 N–H and O–H groups in total. The topological polar surface area (TPSA) is 22.3 Å². The summed E-state index contributed by atoms with van der Waals surface area (Å²) in [5.74, 6) is 0. The van der Waals surface area contributed by atoms with Gasteiger partial charge in [0.1, 0.15) is 0 Å². The summed E-state index contributed by atoms with van der Waals surface area (Å²) in [4.78, 5) is 0. The van der Waals surface area contributed by atoms with E-state index in [0.717, 1.165) is 6.42 Å². The largest absolute Gasteiger partial charge is 0.160 e. The van der Waals surface area contributed by atoms with Gasteiger partial charge in [0.05, 0.1) is 0 Å². The SMILES string of the molecule is CCCCCCCCCCCCCCCCCCCCCCC=C[N]. The van der Waals surface area contributed by atoms with E-state index in [1.807, 2.05) is 6.08 Å². The van der Waals surface area contributed by atoms with Gasteiger partial charge in [-0.1, -0.05) is 135 Å². The molecular formula is C24H47N. The second-order valence-electron chi connectivity index (χ2n) is 7.89. The average molecular weight is 350 g/mol. The highest BCUT2D eigenvalue weighted by atomic mass is 14.5. The van der Waals surface area contributed by atoms with Crippen molar-refractivity contribution in [3.63, 3.8) is 0 Å². The predicted octanol–water partition coefficient (Wildman–Crippen LogP) is 8.78. The first-order valence-corrected chi connectivity index (χ1v) is 11.7. The van der Waals surface area contributed by atoms with Crippen molar-refractivity contribution in [2.24, 2.45) is 0 Å². The zero-order valence-electron chi connectivity index (χ0n) is 17.5. The summed E-state index contributed by atoms with van der Waals surface area (Å²) in [6, 6.07) is 0. The first kappa shape index (κ1) is 24.5. The summed E-state index contributed by atoms with van der Waals surface area (Å²) in [6.07, 6.45) is 32.7. The highest BCUT2D eigenvalue weighted by molar-refractivity contribution is 4.74. The maximum Gasteiger partial charge on any atom is 0.0455 e. The summed E-state index contributed by atoms with van der Waals surface area (Å²) in [5, 5.41) is 0. The van der Waals surface area contributed by atoms with E-state index >= 15 is 0 Å². The maximum absolute atomic E-state index is 8.54. The predicted molar refractivity (Wildman–Crippen MR) is 114 cm³/mol. The number of hydrogen-bond acceptors (Lipinski definition) is 0. The molecule has 1 heteroatoms. The molecule has 0 aliphatic carbocycles. The van der Waals surface area contributed by atoms with Crippen molar-refractivity contribution >= 4 is 0 Å². The van der Waals surface area contributed by atoms with Gasteiger partial charge in [0.2, 0.25) is 0 Å². The van der Waals surface area contributed by atoms with Crippen molar-refractivity contribution in [2.75, 3.05) is 0 Å². The van der Waals surface area contributed by atoms with Gasteiger partial charge in [-0.05, 0) is 12.8 Å². The molecule has 0 bridgehead atoms. The molecule has 0 unspecified atom stereocenters. The third-order valence-electron chi connectivity index (χ3n) is 5.33. The van der Waals surface area contributed by atoms with E-state index in [-0.39, 0.29) is 0 Å². The van der Waals surface area contributed by atoms with E-state index in [0.29, 0.717) is 0 Å². The number of hydrogen-bond donors (Lipinski definition) is 0. The minimum atomic E-state index is 1.04. The van der Waals surface area contributed by atoms with Gasteiger partial charge >= 0.3 is 0 Å². The molecule has 0 amide bonds. The fourth-order valence-electron chi connectivity index (χ4n) is 3.59. The quantitative estimate of drug-likeness (QED) is 0.185. The van der Waals surface area contributed by atoms with Crippen LogP contribution in [-0.4, -0.2) is 0 Å². The number of unbranched alkanes of at least 4 members (excludes halogenated alkanes) is 20. The molecule has 0 saturated heterocycles. The molecule has 0 aliphatic heterocycles. The van der Waals surface area contributed by atoms with Crippen LogP contribution < -0.4 is 5.73 Å². The van der Waals surface area contributed by atoms with E-state index < -0.39 is 0 Å². The standard InChI is InChI=1S/C24H47N/c1-2-3-4-5-6-7-8-9-10-11-12-13-14-15-16-17-18-19-20-21-22-23-24-25/h23-24H,2-22H2,1H3. The lowest BCUT2D eigenvalue weighted by molar-refractivity contribution is 0.522. The second-order valence-corrected chi connectivity index (χ2v) is 7.89. The highest BCUT2D eigenvalue weighted by Gasteiger charge is 1.95. The van der Waals surface area contributed by atoms with Gasteiger partial charge in [0.25, 0.3) is 0 Å². The minimum absolute atomic E-state index is 1.04. The van der Waals surface area contributed by atoms with Gasteiger partial charge in [-0.3, -0.25) is 0 Å². The van der Waals surface area contributed by atoms with Crippen LogP contribution in [-0.2, 0) is 0 Å². The summed E-state index contributed by atoms with van der Waals surface area (Å²) in [6.45, 7) is 2.29. The first-order chi connectivity index (χ1) is 12.4. The van der Waals surface area contributed by atoms with Crippen molar-refractivity contribution in [2.45, 2.75) is 142 Å². The van der Waals surface area contributed by atoms with Crippen molar-refractivity contribution < 1.29 is 0 Å². The Balaban J connectivity index is 2.96. The van der Waals surface area contributed by atoms with Gasteiger partial charge in [-0.15, -0.1) is 0 Å². The molecule has 0 aromatic rings. The van der Waals surface area contributed by atoms with E-state index in [1.54, 1.807) is 0 Å². The summed E-state index contributed by atoms with van der Waals surface area (Å²) in [7, 11) is 0. The van der Waals surface area contributed by atoms with Crippen LogP contribution in [0.2, 0.25) is 0 Å². The summed E-state index contributed by atoms with van der Waals surface area (Å²) < 4.78 is 0. The van der Waals surface area contributed by atoms with E-state index in [2.05, 4.69) is 6.92 Å². The van der Waals surface area contributed by atoms with Crippen LogP contribution in [0.15, 0.2) is 12.3 Å². The molecule has 0 fully saturated rings. The molecule has 0 spiro atoms. The Hall–Kier alpha value is -0.460. The fraction of sp³-hybridized carbons (Fsp3) is 0.917. The molecule has 0 saturated carbocycles. The Morgan fingerprint density at radius 1 is 0.440 bits per heavy atom. The molecule has 0 atom stereocenters. The zero-order chi connectivity index (χ0) is 18.3. The maximum atomic E-state index is 8.54. The van der Waals surface area contributed by atoms with Crippen LogP contribution in [0.5, 0.6) is 0 Å². The van der Waals surface area contributed by atoms with Crippen LogP contribution in [0.25, 0.3) is 0 Å². The number of allylic oxidation sites excluding steroid dienone is 1. The first-order valence-electron chi connectivity index (χ1n) is 11.7. The van der Waals surface area contributed by atoms with Gasteiger partial charge in [-0.25, -0.2) is 0 Å². The van der Waals surface area contributed by atoms with Gasteiger partial charge in [0.15, 0.2) is 0 Å². The minimum Gasteiger partial charge on any atom is -0.160 e. The normalized spacial score (nSPS) is 11.6. The van der Waals surface area contributed by atoms with E-state index in [1.165, 1.54) is 135 Å². The summed E-state index contributed by atoms with van der Waals surface area (Å²) in [5.41, 5.74) is 8.54. The smallest absolute Gasteiger partial charge is 0.0455 e. The molecule has 0 aromatic heterocycles. The molecule has 1 nitrogen and oxygen atoms in total. The lowest BCUT2D eigenvalue weighted by Gasteiger charge is -2.04. The van der Waals surface area contributed by atoms with Crippen molar-refractivity contribution in [3.05, 3.63) is 12.3 Å². The van der Waals surface area contributed by atoms with Crippen molar-refractivity contribution in [1.29, 1.82) is 0 Å². The molecule has 0 rings (SSSR count). The van der Waals surface area contributed by atoms with Gasteiger partial charge in [-0.2, -0.15) is 5.73 Å². The van der Waals surface area contributed by atoms with Gasteiger partial charge < -0.3 is 0 Å². The van der Waals surface area contributed by atoms with Crippen molar-refractivity contribution in [3.8, 4) is 0 Å². The average Bonchev–Trinajstić information content (AvgIpc) is 2.63. The Kier molecular flexibility index (Phi) is 23.1. The molecule has 0 aromatic carbocycles. The second kappa shape index (κ2) is 23.5. The van der Waals surface area contributed by atoms with E-state index in [4.69, 9.17) is 5.73 Å². The molecule has 148 valence electrons. The molecule has 0 heterocycles. The van der Waals surface area contributed by atoms with Crippen molar-refractivity contribution in [1.82, 2.24) is 5.73 Å². The van der Waals surface area contributed by atoms with E-state index in [9.17, 15) is 0 Å². The van der Waals surface area contributed by atoms with Crippen LogP contribution in [0, 0.1) is 0 Å². The fourth-order valence-corrected chi connectivity index (χ4v) is 3.59. The molecular weight excluding hydrogens is 302 g/mol. The molecule has 0 aliphatic rings. The molecule has 2 radical (unpaired) electrons. The highest BCUT2D eigenvalue weighted by Crippen LogP contribution is 2.15. The van der Waals surface area contributed by atoms with Crippen LogP contribution in [0.3, 0.4) is 0 Å². The lowest BCUT2D eigenvalue weighted by Crippen LogP contribution is -1.84. The third-order valence-corrected chi connectivity index (χ3v) is 5.33. The van der Waals surface area contributed by atoms with Crippen LogP contribution >= 0.6 is 0 Å². The number of nitrogens with zero attached hydrogens (tertiary/aromatic N) is 1. The monoisotopic (exact) mass is 349 g/mol. The Bertz CT molecular complexity index is 246. The zero-order valence-corrected chi connectivity index (χ0v) is 17.5. The third kappa shape index (κ3) is 23.5. The Morgan fingerprint density at radius 3 is 1.00 bits per heavy atom. The summed E-state index contributed by atoms with van der Waals surface area (Å²) >= 11 is 0. The van der Waals surface area contributed by atoms with Gasteiger partial charge in [0, 0.05) is 6.20 Å². The number of rotatable bonds is 21.